The third kappa shape index (κ3) is 3.18. The minimum Gasteiger partial charge on any atom is -0.463 e. The molecule has 0 bridgehead atoms. The second-order valence-electron chi connectivity index (χ2n) is 7.69. The number of amides is 1. The van der Waals surface area contributed by atoms with E-state index in [0.717, 1.165) is 50.3 Å². The fourth-order valence-corrected chi connectivity index (χ4v) is 4.40. The Morgan fingerprint density at radius 1 is 1.10 bits per heavy atom. The molecule has 29 heavy (non-hydrogen) atoms. The lowest BCUT2D eigenvalue weighted by Crippen LogP contribution is -2.35. The third-order valence-corrected chi connectivity index (χ3v) is 5.88. The molecule has 3 aromatic heterocycles. The fourth-order valence-electron chi connectivity index (χ4n) is 4.40. The first kappa shape index (κ1) is 17.9. The van der Waals surface area contributed by atoms with Crippen molar-refractivity contribution in [3.63, 3.8) is 0 Å². The van der Waals surface area contributed by atoms with Gasteiger partial charge < -0.3 is 18.9 Å². The lowest BCUT2D eigenvalue weighted by Gasteiger charge is -2.24. The predicted molar refractivity (Wildman–Crippen MR) is 105 cm³/mol. The van der Waals surface area contributed by atoms with E-state index in [9.17, 15) is 9.59 Å². The van der Waals surface area contributed by atoms with Crippen molar-refractivity contribution in [3.05, 3.63) is 58.1 Å². The summed E-state index contributed by atoms with van der Waals surface area (Å²) in [6.07, 6.45) is 7.63. The van der Waals surface area contributed by atoms with Gasteiger partial charge in [-0.05, 0) is 49.9 Å². The zero-order valence-corrected chi connectivity index (χ0v) is 16.1. The number of aryl methyl sites for hydroxylation is 1. The lowest BCUT2D eigenvalue weighted by atomic mass is 10.1. The van der Waals surface area contributed by atoms with E-state index >= 15 is 0 Å². The van der Waals surface area contributed by atoms with Crippen LogP contribution in [0.15, 0.2) is 39.7 Å². The van der Waals surface area contributed by atoms with Crippen molar-refractivity contribution in [1.29, 1.82) is 0 Å². The monoisotopic (exact) mass is 393 g/mol. The Morgan fingerprint density at radius 2 is 2.03 bits per heavy atom. The molecule has 8 heteroatoms. The molecule has 0 saturated carbocycles. The molecule has 1 N–H and O–H groups in total. The van der Waals surface area contributed by atoms with Crippen LogP contribution in [0.1, 0.15) is 60.2 Å². The van der Waals surface area contributed by atoms with Gasteiger partial charge >= 0.3 is 0 Å². The number of aromatic nitrogens is 4. The molecular weight excluding hydrogens is 370 g/mol. The molecule has 1 unspecified atom stereocenters. The number of aromatic amines is 1. The molecule has 150 valence electrons. The highest BCUT2D eigenvalue weighted by molar-refractivity contribution is 5.94. The zero-order chi connectivity index (χ0) is 19.8. The molecular formula is C21H23N5O3. The number of rotatable bonds is 3. The van der Waals surface area contributed by atoms with E-state index in [1.165, 1.54) is 6.42 Å². The molecule has 0 aliphatic carbocycles. The van der Waals surface area contributed by atoms with Crippen molar-refractivity contribution in [2.24, 2.45) is 0 Å². The average Bonchev–Trinajstić information content (AvgIpc) is 3.46. The van der Waals surface area contributed by atoms with Crippen LogP contribution < -0.4 is 5.56 Å². The first-order chi connectivity index (χ1) is 14.2. The highest BCUT2D eigenvalue weighted by atomic mass is 16.3. The highest BCUT2D eigenvalue weighted by Gasteiger charge is 2.35. The number of nitrogens with zero attached hydrogens (tertiary/aromatic N) is 4. The molecule has 5 heterocycles. The Morgan fingerprint density at radius 3 is 2.86 bits per heavy atom. The van der Waals surface area contributed by atoms with Gasteiger partial charge in [0.1, 0.15) is 17.1 Å². The summed E-state index contributed by atoms with van der Waals surface area (Å²) < 4.78 is 7.51. The molecule has 1 atom stereocenters. The van der Waals surface area contributed by atoms with E-state index in [1.54, 1.807) is 35.4 Å². The second-order valence-corrected chi connectivity index (χ2v) is 7.69. The number of nitrogens with one attached hydrogen (secondary N) is 1. The summed E-state index contributed by atoms with van der Waals surface area (Å²) in [5, 5.41) is 8.82. The van der Waals surface area contributed by atoms with Gasteiger partial charge in [-0.15, -0.1) is 10.2 Å². The first-order valence-electron chi connectivity index (χ1n) is 10.2. The maximum absolute atomic E-state index is 13.2. The van der Waals surface area contributed by atoms with Gasteiger partial charge in [0.2, 0.25) is 0 Å². The van der Waals surface area contributed by atoms with Gasteiger partial charge in [0.05, 0.1) is 18.0 Å². The number of likely N-dealkylation sites (tertiary alicyclic amines) is 1. The maximum Gasteiger partial charge on any atom is 0.261 e. The Bertz CT molecular complexity index is 1080. The van der Waals surface area contributed by atoms with Gasteiger partial charge in [-0.3, -0.25) is 9.59 Å². The van der Waals surface area contributed by atoms with Crippen LogP contribution in [-0.4, -0.2) is 37.1 Å². The molecule has 1 amide bonds. The number of hydrogen-bond acceptors (Lipinski definition) is 5. The van der Waals surface area contributed by atoms with Crippen molar-refractivity contribution in [1.82, 2.24) is 24.6 Å². The Balaban J connectivity index is 1.44. The van der Waals surface area contributed by atoms with Crippen molar-refractivity contribution in [3.8, 4) is 11.5 Å². The van der Waals surface area contributed by atoms with Crippen LogP contribution in [0, 0.1) is 0 Å². The van der Waals surface area contributed by atoms with Crippen molar-refractivity contribution in [2.75, 3.05) is 6.54 Å². The second kappa shape index (κ2) is 7.35. The number of carbonyl (C=O) groups is 1. The van der Waals surface area contributed by atoms with Crippen LogP contribution >= 0.6 is 0 Å². The summed E-state index contributed by atoms with van der Waals surface area (Å²) in [4.78, 5) is 30.4. The standard InChI is InChI=1S/C21H23N5O3/c27-20-14(9-10-15(22-20)17-7-5-13-29-17)21(28)25-12-4-6-16(25)19-24-23-18-8-2-1-3-11-26(18)19/h5,7,9-10,13,16H,1-4,6,8,11-12H2,(H,22,27). The Hall–Kier alpha value is -3.16. The number of pyridine rings is 1. The molecule has 0 spiro atoms. The van der Waals surface area contributed by atoms with E-state index in [4.69, 9.17) is 4.42 Å². The normalized spacial score (nSPS) is 19.2. The summed E-state index contributed by atoms with van der Waals surface area (Å²) in [7, 11) is 0. The summed E-state index contributed by atoms with van der Waals surface area (Å²) in [6, 6.07) is 6.68. The molecule has 1 fully saturated rings. The van der Waals surface area contributed by atoms with Crippen molar-refractivity contribution < 1.29 is 9.21 Å². The van der Waals surface area contributed by atoms with Gasteiger partial charge in [0.25, 0.3) is 11.5 Å². The highest BCUT2D eigenvalue weighted by Crippen LogP contribution is 2.33. The fraction of sp³-hybridized carbons (Fsp3) is 0.429. The number of furan rings is 1. The largest absolute Gasteiger partial charge is 0.463 e. The minimum absolute atomic E-state index is 0.133. The molecule has 0 aromatic carbocycles. The molecule has 0 radical (unpaired) electrons. The molecule has 2 aliphatic rings. The molecule has 5 rings (SSSR count). The van der Waals surface area contributed by atoms with Crippen LogP contribution in [0.4, 0.5) is 0 Å². The van der Waals surface area contributed by atoms with Crippen molar-refractivity contribution in [2.45, 2.75) is 51.1 Å². The van der Waals surface area contributed by atoms with Gasteiger partial charge in [0.15, 0.2) is 5.82 Å². The number of fused-ring (bicyclic) bond motifs is 1. The van der Waals surface area contributed by atoms with E-state index in [0.29, 0.717) is 18.0 Å². The predicted octanol–water partition coefficient (Wildman–Crippen LogP) is 2.93. The first-order valence-corrected chi connectivity index (χ1v) is 10.2. The molecule has 1 saturated heterocycles. The summed E-state index contributed by atoms with van der Waals surface area (Å²) in [6.45, 7) is 1.51. The van der Waals surface area contributed by atoms with Gasteiger partial charge in [0, 0.05) is 19.5 Å². The van der Waals surface area contributed by atoms with Gasteiger partial charge in [-0.2, -0.15) is 0 Å². The number of carbonyl (C=O) groups excluding carboxylic acids is 1. The van der Waals surface area contributed by atoms with Crippen LogP contribution in [0.5, 0.6) is 0 Å². The number of H-pyrrole nitrogens is 1. The lowest BCUT2D eigenvalue weighted by molar-refractivity contribution is 0.0725. The van der Waals surface area contributed by atoms with Gasteiger partial charge in [-0.1, -0.05) is 6.42 Å². The van der Waals surface area contributed by atoms with Crippen LogP contribution in [0.2, 0.25) is 0 Å². The summed E-state index contributed by atoms with van der Waals surface area (Å²) >= 11 is 0. The maximum atomic E-state index is 13.2. The average molecular weight is 393 g/mol. The van der Waals surface area contributed by atoms with Crippen molar-refractivity contribution >= 4 is 5.91 Å². The van der Waals surface area contributed by atoms with E-state index in [1.807, 2.05) is 0 Å². The van der Waals surface area contributed by atoms with Gasteiger partial charge in [-0.25, -0.2) is 0 Å². The summed E-state index contributed by atoms with van der Waals surface area (Å²) in [5.74, 6) is 2.17. The quantitative estimate of drug-likeness (QED) is 0.738. The molecule has 2 aliphatic heterocycles. The minimum atomic E-state index is -0.408. The van der Waals surface area contributed by atoms with Crippen LogP contribution in [0.3, 0.4) is 0 Å². The Labute approximate surface area is 167 Å². The SMILES string of the molecule is O=C(c1ccc(-c2ccco2)[nH]c1=O)N1CCCC1c1nnc2n1CCCCC2. The molecule has 8 nitrogen and oxygen atoms in total. The smallest absolute Gasteiger partial charge is 0.261 e. The topological polar surface area (TPSA) is 97.0 Å². The van der Waals surface area contributed by atoms with E-state index in [2.05, 4.69) is 19.7 Å². The van der Waals surface area contributed by atoms with Crippen LogP contribution in [-0.2, 0) is 13.0 Å². The third-order valence-electron chi connectivity index (χ3n) is 5.88. The molecule has 3 aromatic rings. The van der Waals surface area contributed by atoms with Crippen LogP contribution in [0.25, 0.3) is 11.5 Å². The van der Waals surface area contributed by atoms with E-state index < -0.39 is 5.56 Å². The summed E-state index contributed by atoms with van der Waals surface area (Å²) in [5.41, 5.74) is 0.287. The van der Waals surface area contributed by atoms with E-state index in [-0.39, 0.29) is 17.5 Å². The number of hydrogen-bond donors (Lipinski definition) is 1. The zero-order valence-electron chi connectivity index (χ0n) is 16.1. The Kier molecular flexibility index (Phi) is 4.54.